The maximum Gasteiger partial charge on any atom is 0.305 e. The maximum atomic E-state index is 13.6. The van der Waals surface area contributed by atoms with Gasteiger partial charge in [0.1, 0.15) is 6.17 Å². The molecule has 22 heavy (non-hydrogen) atoms. The van der Waals surface area contributed by atoms with E-state index in [4.69, 9.17) is 0 Å². The Morgan fingerprint density at radius 3 is 2.41 bits per heavy atom. The normalized spacial score (nSPS) is 12.7. The van der Waals surface area contributed by atoms with Gasteiger partial charge in [0.25, 0.3) is 0 Å². The van der Waals surface area contributed by atoms with Gasteiger partial charge in [-0.2, -0.15) is 0 Å². The van der Waals surface area contributed by atoms with Crippen molar-refractivity contribution in [3.8, 4) is 0 Å². The fraction of sp³-hybridized carbons (Fsp3) is 0.842. The van der Waals surface area contributed by atoms with Crippen LogP contribution in [0.15, 0.2) is 12.2 Å². The van der Waals surface area contributed by atoms with E-state index in [0.29, 0.717) is 19.3 Å². The molecule has 0 aliphatic rings. The van der Waals surface area contributed by atoms with Gasteiger partial charge >= 0.3 is 5.97 Å². The van der Waals surface area contributed by atoms with Gasteiger partial charge in [0.2, 0.25) is 0 Å². The predicted molar refractivity (Wildman–Crippen MR) is 91.7 cm³/mol. The van der Waals surface area contributed by atoms with Crippen LogP contribution in [0.25, 0.3) is 0 Å². The van der Waals surface area contributed by atoms with Gasteiger partial charge in [0.15, 0.2) is 0 Å². The van der Waals surface area contributed by atoms with Gasteiger partial charge in [0.05, 0.1) is 7.11 Å². The Morgan fingerprint density at radius 1 is 1.00 bits per heavy atom. The number of ether oxygens (including phenoxy) is 1. The highest BCUT2D eigenvalue weighted by Crippen LogP contribution is 2.13. The highest BCUT2D eigenvalue weighted by Gasteiger charge is 2.04. The van der Waals surface area contributed by atoms with Crippen LogP contribution in [0.3, 0.4) is 0 Å². The Kier molecular flexibility index (Phi) is 15.9. The molecule has 0 rings (SSSR count). The molecule has 0 bridgehead atoms. The molecule has 0 aliphatic heterocycles. The second-order valence-electron chi connectivity index (χ2n) is 6.04. The summed E-state index contributed by atoms with van der Waals surface area (Å²) in [6, 6.07) is 0. The molecule has 0 aromatic heterocycles. The predicted octanol–water partition coefficient (Wildman–Crippen LogP) is 6.14. The summed E-state index contributed by atoms with van der Waals surface area (Å²) in [5.74, 6) is -0.134. The smallest absolute Gasteiger partial charge is 0.305 e. The summed E-state index contributed by atoms with van der Waals surface area (Å²) in [5.41, 5.74) is 0. The molecular formula is C19H35FO2. The average molecular weight is 314 g/mol. The number of halogens is 1. The van der Waals surface area contributed by atoms with Gasteiger partial charge in [-0.3, -0.25) is 4.79 Å². The number of methoxy groups -OCH3 is 1. The molecule has 0 aliphatic carbocycles. The topological polar surface area (TPSA) is 26.3 Å². The first-order chi connectivity index (χ1) is 10.7. The minimum absolute atomic E-state index is 0.134. The van der Waals surface area contributed by atoms with Crippen molar-refractivity contribution in [3.05, 3.63) is 12.2 Å². The summed E-state index contributed by atoms with van der Waals surface area (Å²) >= 11 is 0. The van der Waals surface area contributed by atoms with Crippen LogP contribution in [0.2, 0.25) is 0 Å². The van der Waals surface area contributed by atoms with Crippen LogP contribution in [-0.4, -0.2) is 19.3 Å². The number of unbranched alkanes of at least 4 members (excludes halogenated alkanes) is 8. The summed E-state index contributed by atoms with van der Waals surface area (Å²) in [5, 5.41) is 0. The molecule has 130 valence electrons. The van der Waals surface area contributed by atoms with Crippen molar-refractivity contribution in [3.63, 3.8) is 0 Å². The van der Waals surface area contributed by atoms with Crippen molar-refractivity contribution in [2.75, 3.05) is 7.11 Å². The van der Waals surface area contributed by atoms with E-state index in [2.05, 4.69) is 17.7 Å². The summed E-state index contributed by atoms with van der Waals surface area (Å²) in [4.78, 5) is 10.9. The third kappa shape index (κ3) is 15.5. The second-order valence-corrected chi connectivity index (χ2v) is 6.04. The zero-order valence-corrected chi connectivity index (χ0v) is 14.6. The Morgan fingerprint density at radius 2 is 1.68 bits per heavy atom. The van der Waals surface area contributed by atoms with Crippen LogP contribution in [-0.2, 0) is 9.53 Å². The summed E-state index contributed by atoms with van der Waals surface area (Å²) in [6.45, 7) is 2.21. The van der Waals surface area contributed by atoms with E-state index in [1.807, 2.05) is 6.08 Å². The number of carbonyl (C=O) groups is 1. The number of hydrogen-bond acceptors (Lipinski definition) is 2. The molecule has 0 radical (unpaired) electrons. The van der Waals surface area contributed by atoms with E-state index in [0.717, 1.165) is 38.5 Å². The molecule has 0 N–H and O–H groups in total. The van der Waals surface area contributed by atoms with E-state index in [1.54, 1.807) is 0 Å². The number of carbonyl (C=O) groups excluding carboxylic acids is 1. The molecule has 0 amide bonds. The van der Waals surface area contributed by atoms with Crippen LogP contribution >= 0.6 is 0 Å². The van der Waals surface area contributed by atoms with E-state index in [-0.39, 0.29) is 5.97 Å². The molecule has 0 aromatic rings. The minimum Gasteiger partial charge on any atom is -0.469 e. The lowest BCUT2D eigenvalue weighted by molar-refractivity contribution is -0.140. The standard InChI is InChI=1S/C19H35FO2/c1-3-4-5-6-7-9-12-15-18(20)16-13-10-8-11-14-17-19(21)22-2/h9,12,18H,3-8,10-11,13-17H2,1-2H3/b12-9+. The second kappa shape index (κ2) is 16.5. The first-order valence-corrected chi connectivity index (χ1v) is 9.06. The van der Waals surface area contributed by atoms with Crippen LogP contribution in [0.4, 0.5) is 4.39 Å². The third-order valence-electron chi connectivity index (χ3n) is 3.91. The Hall–Kier alpha value is -0.860. The molecule has 1 unspecified atom stereocenters. The number of esters is 1. The Bertz CT molecular complexity index is 277. The molecule has 0 aromatic carbocycles. The van der Waals surface area contributed by atoms with Crippen LogP contribution < -0.4 is 0 Å². The molecule has 0 saturated heterocycles. The van der Waals surface area contributed by atoms with Gasteiger partial charge in [-0.05, 0) is 32.1 Å². The van der Waals surface area contributed by atoms with Crippen molar-refractivity contribution in [1.82, 2.24) is 0 Å². The highest BCUT2D eigenvalue weighted by molar-refractivity contribution is 5.68. The van der Waals surface area contributed by atoms with Crippen LogP contribution in [0.5, 0.6) is 0 Å². The summed E-state index contributed by atoms with van der Waals surface area (Å²) in [7, 11) is 1.42. The zero-order chi connectivity index (χ0) is 16.5. The van der Waals surface area contributed by atoms with Crippen LogP contribution in [0, 0.1) is 0 Å². The van der Waals surface area contributed by atoms with Crippen molar-refractivity contribution in [1.29, 1.82) is 0 Å². The van der Waals surface area contributed by atoms with Crippen molar-refractivity contribution in [2.45, 2.75) is 96.6 Å². The van der Waals surface area contributed by atoms with Crippen molar-refractivity contribution in [2.24, 2.45) is 0 Å². The fourth-order valence-corrected chi connectivity index (χ4v) is 2.44. The number of rotatable bonds is 15. The van der Waals surface area contributed by atoms with Gasteiger partial charge in [-0.15, -0.1) is 0 Å². The van der Waals surface area contributed by atoms with Crippen molar-refractivity contribution < 1.29 is 13.9 Å². The highest BCUT2D eigenvalue weighted by atomic mass is 19.1. The lowest BCUT2D eigenvalue weighted by Gasteiger charge is -2.05. The van der Waals surface area contributed by atoms with E-state index < -0.39 is 6.17 Å². The molecule has 3 heteroatoms. The lowest BCUT2D eigenvalue weighted by atomic mass is 10.1. The summed E-state index contributed by atoms with van der Waals surface area (Å²) in [6.07, 6.45) is 16.4. The van der Waals surface area contributed by atoms with Gasteiger partial charge in [-0.25, -0.2) is 4.39 Å². The first-order valence-electron chi connectivity index (χ1n) is 9.06. The van der Waals surface area contributed by atoms with Crippen molar-refractivity contribution >= 4 is 5.97 Å². The largest absolute Gasteiger partial charge is 0.469 e. The Balaban J connectivity index is 3.30. The quantitative estimate of drug-likeness (QED) is 0.206. The first kappa shape index (κ1) is 21.1. The number of allylic oxidation sites excluding steroid dienone is 2. The average Bonchev–Trinajstić information content (AvgIpc) is 2.52. The number of hydrogen-bond donors (Lipinski definition) is 0. The molecule has 0 spiro atoms. The zero-order valence-electron chi connectivity index (χ0n) is 14.6. The van der Waals surface area contributed by atoms with Gasteiger partial charge in [0, 0.05) is 6.42 Å². The van der Waals surface area contributed by atoms with Gasteiger partial charge in [-0.1, -0.05) is 64.0 Å². The molecule has 0 heterocycles. The molecule has 2 nitrogen and oxygen atoms in total. The SMILES string of the molecule is CCCCCC/C=C/CC(F)CCCCCCCC(=O)OC. The lowest BCUT2D eigenvalue weighted by Crippen LogP contribution is -1.99. The van der Waals surface area contributed by atoms with E-state index >= 15 is 0 Å². The minimum atomic E-state index is -0.693. The van der Waals surface area contributed by atoms with E-state index in [9.17, 15) is 9.18 Å². The third-order valence-corrected chi connectivity index (χ3v) is 3.91. The molecule has 1 atom stereocenters. The Labute approximate surface area is 136 Å². The maximum absolute atomic E-state index is 13.6. The fourth-order valence-electron chi connectivity index (χ4n) is 2.44. The van der Waals surface area contributed by atoms with Crippen LogP contribution in [0.1, 0.15) is 90.4 Å². The monoisotopic (exact) mass is 314 g/mol. The van der Waals surface area contributed by atoms with E-state index in [1.165, 1.54) is 32.8 Å². The summed E-state index contributed by atoms with van der Waals surface area (Å²) < 4.78 is 18.2. The molecular weight excluding hydrogens is 279 g/mol. The van der Waals surface area contributed by atoms with Gasteiger partial charge < -0.3 is 4.74 Å². The number of alkyl halides is 1. The molecule has 0 saturated carbocycles. The molecule has 0 fully saturated rings.